The minimum Gasteiger partial charge on any atom is -0.478 e. The lowest BCUT2D eigenvalue weighted by atomic mass is 9.86. The number of rotatable bonds is 8. The number of nitrogens with one attached hydrogen (secondary N) is 1. The van der Waals surface area contributed by atoms with Crippen molar-refractivity contribution in [2.24, 2.45) is 18.4 Å². The number of aromatic nitrogens is 2. The number of hydrogen-bond donors (Lipinski definition) is 2. The van der Waals surface area contributed by atoms with E-state index in [2.05, 4.69) is 9.71 Å². The maximum Gasteiger partial charge on any atom is 0.331 e. The van der Waals surface area contributed by atoms with Crippen molar-refractivity contribution in [1.82, 2.24) is 19.2 Å². The van der Waals surface area contributed by atoms with Gasteiger partial charge in [0.05, 0.1) is 12.4 Å². The Balaban J connectivity index is 3.28. The van der Waals surface area contributed by atoms with Crippen LogP contribution in [0.25, 0.3) is 0 Å². The molecule has 0 aromatic carbocycles. The summed E-state index contributed by atoms with van der Waals surface area (Å²) in [6.45, 7) is 10.5. The van der Waals surface area contributed by atoms with Gasteiger partial charge in [0.2, 0.25) is 5.91 Å². The number of nitrogens with zero attached hydrogens (tertiary/aromatic N) is 3. The minimum atomic E-state index is -4.02. The fourth-order valence-corrected chi connectivity index (χ4v) is 4.15. The summed E-state index contributed by atoms with van der Waals surface area (Å²) in [5.41, 5.74) is -0.620. The molecule has 9 nitrogen and oxygen atoms in total. The van der Waals surface area contributed by atoms with Crippen molar-refractivity contribution in [2.75, 3.05) is 7.05 Å². The molecular formula is C19H32N4O5S. The summed E-state index contributed by atoms with van der Waals surface area (Å²) in [6, 6.07) is -1.58. The van der Waals surface area contributed by atoms with E-state index in [1.54, 1.807) is 34.9 Å². The van der Waals surface area contributed by atoms with Crippen molar-refractivity contribution in [3.05, 3.63) is 24.2 Å². The van der Waals surface area contributed by atoms with E-state index in [9.17, 15) is 23.1 Å². The van der Waals surface area contributed by atoms with Crippen molar-refractivity contribution in [3.8, 4) is 0 Å². The van der Waals surface area contributed by atoms with Crippen LogP contribution >= 0.6 is 0 Å². The second-order valence-electron chi connectivity index (χ2n) is 8.64. The molecule has 1 aromatic heterocycles. The molecule has 10 heteroatoms. The minimum absolute atomic E-state index is 0.0775. The van der Waals surface area contributed by atoms with Crippen molar-refractivity contribution >= 4 is 21.9 Å². The van der Waals surface area contributed by atoms with Crippen LogP contribution in [-0.2, 0) is 26.7 Å². The third-order valence-corrected chi connectivity index (χ3v) is 5.89. The number of amides is 1. The van der Waals surface area contributed by atoms with Gasteiger partial charge in [0.15, 0.2) is 5.03 Å². The van der Waals surface area contributed by atoms with E-state index in [1.807, 2.05) is 13.8 Å². The monoisotopic (exact) mass is 428 g/mol. The Morgan fingerprint density at radius 3 is 2.24 bits per heavy atom. The van der Waals surface area contributed by atoms with Gasteiger partial charge in [0.1, 0.15) is 6.04 Å². The number of carbonyl (C=O) groups excluding carboxylic acids is 1. The summed E-state index contributed by atoms with van der Waals surface area (Å²) in [4.78, 5) is 29.8. The molecule has 0 fully saturated rings. The quantitative estimate of drug-likeness (QED) is 0.607. The average molecular weight is 429 g/mol. The number of imidazole rings is 1. The number of hydrogen-bond acceptors (Lipinski definition) is 5. The fourth-order valence-electron chi connectivity index (χ4n) is 2.77. The zero-order valence-electron chi connectivity index (χ0n) is 18.3. The molecule has 0 spiro atoms. The van der Waals surface area contributed by atoms with Gasteiger partial charge in [-0.15, -0.1) is 0 Å². The van der Waals surface area contributed by atoms with Crippen LogP contribution in [0.5, 0.6) is 0 Å². The molecule has 0 saturated carbocycles. The molecule has 164 valence electrons. The Hall–Kier alpha value is -2.20. The van der Waals surface area contributed by atoms with Crippen LogP contribution in [0.15, 0.2) is 29.2 Å². The first kappa shape index (κ1) is 24.8. The SMILES string of the molecule is CC(=C[C@H](C(C)C)N(C)C(=O)[C@@H](NS(=O)(=O)c1cn(C)cn1)C(C)(C)C)C(=O)O. The second-order valence-corrected chi connectivity index (χ2v) is 10.3. The maximum atomic E-state index is 13.3. The summed E-state index contributed by atoms with van der Waals surface area (Å²) >= 11 is 0. The van der Waals surface area contributed by atoms with Gasteiger partial charge in [0, 0.05) is 25.9 Å². The first-order valence-electron chi connectivity index (χ1n) is 9.26. The van der Waals surface area contributed by atoms with E-state index in [-0.39, 0.29) is 16.5 Å². The molecule has 0 unspecified atom stereocenters. The van der Waals surface area contributed by atoms with Gasteiger partial charge in [-0.25, -0.2) is 18.2 Å². The zero-order valence-corrected chi connectivity index (χ0v) is 19.1. The highest BCUT2D eigenvalue weighted by Crippen LogP contribution is 2.25. The summed E-state index contributed by atoms with van der Waals surface area (Å²) in [6.07, 6.45) is 4.23. The summed E-state index contributed by atoms with van der Waals surface area (Å²) in [7, 11) is -0.824. The molecule has 29 heavy (non-hydrogen) atoms. The number of carboxylic acid groups (broad SMARTS) is 1. The van der Waals surface area contributed by atoms with Crippen LogP contribution in [0, 0.1) is 11.3 Å². The molecule has 2 atom stereocenters. The van der Waals surface area contributed by atoms with E-state index >= 15 is 0 Å². The lowest BCUT2D eigenvalue weighted by Gasteiger charge is -2.37. The van der Waals surface area contributed by atoms with Gasteiger partial charge in [0.25, 0.3) is 10.0 Å². The smallest absolute Gasteiger partial charge is 0.331 e. The molecule has 0 aliphatic heterocycles. The molecule has 1 rings (SSSR count). The zero-order chi connectivity index (χ0) is 22.7. The van der Waals surface area contributed by atoms with Crippen LogP contribution in [0.1, 0.15) is 41.5 Å². The van der Waals surface area contributed by atoms with Crippen molar-refractivity contribution in [3.63, 3.8) is 0 Å². The summed E-state index contributed by atoms with van der Waals surface area (Å²) in [5.74, 6) is -1.60. The standard InChI is InChI=1S/C19H32N4O5S/c1-12(2)14(9-13(3)18(25)26)23(8)17(24)16(19(4,5)6)21-29(27,28)15-10-22(7)11-20-15/h9-12,14,16,21H,1-8H3,(H,25,26)/t14-,16-/m1/s1. The van der Waals surface area contributed by atoms with Crippen molar-refractivity contribution < 1.29 is 23.1 Å². The third kappa shape index (κ3) is 6.40. The molecule has 0 aliphatic rings. The molecule has 2 N–H and O–H groups in total. The van der Waals surface area contributed by atoms with Crippen LogP contribution in [0.4, 0.5) is 0 Å². The largest absolute Gasteiger partial charge is 0.478 e. The number of carboxylic acids is 1. The molecule has 1 amide bonds. The van der Waals surface area contributed by atoms with E-state index in [4.69, 9.17) is 0 Å². The Kier molecular flexibility index (Phi) is 7.78. The Morgan fingerprint density at radius 2 is 1.86 bits per heavy atom. The Labute approximate surface area is 172 Å². The Morgan fingerprint density at radius 1 is 1.31 bits per heavy atom. The first-order chi connectivity index (χ1) is 13.1. The van der Waals surface area contributed by atoms with Gasteiger partial charge >= 0.3 is 5.97 Å². The number of sulfonamides is 1. The van der Waals surface area contributed by atoms with Crippen LogP contribution < -0.4 is 4.72 Å². The second kappa shape index (κ2) is 9.08. The lowest BCUT2D eigenvalue weighted by Crippen LogP contribution is -2.56. The first-order valence-corrected chi connectivity index (χ1v) is 10.7. The molecule has 0 radical (unpaired) electrons. The Bertz CT molecular complexity index is 881. The van der Waals surface area contributed by atoms with E-state index in [0.717, 1.165) is 0 Å². The topological polar surface area (TPSA) is 122 Å². The molecule has 0 bridgehead atoms. The number of aryl methyl sites for hydroxylation is 1. The molecule has 1 aromatic rings. The maximum absolute atomic E-state index is 13.3. The highest BCUT2D eigenvalue weighted by molar-refractivity contribution is 7.89. The van der Waals surface area contributed by atoms with Gasteiger partial charge in [-0.2, -0.15) is 4.72 Å². The van der Waals surface area contributed by atoms with Crippen molar-refractivity contribution in [2.45, 2.75) is 58.7 Å². The molecular weight excluding hydrogens is 396 g/mol. The van der Waals surface area contributed by atoms with E-state index in [0.29, 0.717) is 0 Å². The lowest BCUT2D eigenvalue weighted by molar-refractivity contribution is -0.136. The van der Waals surface area contributed by atoms with Crippen molar-refractivity contribution in [1.29, 1.82) is 0 Å². The number of likely N-dealkylation sites (N-methyl/N-ethyl adjacent to an activating group) is 1. The van der Waals surface area contributed by atoms with Crippen LogP contribution in [0.2, 0.25) is 0 Å². The average Bonchev–Trinajstić information content (AvgIpc) is 3.02. The molecule has 1 heterocycles. The van der Waals surface area contributed by atoms with Gasteiger partial charge in [-0.1, -0.05) is 40.7 Å². The number of carbonyl (C=O) groups is 2. The van der Waals surface area contributed by atoms with E-state index in [1.165, 1.54) is 35.0 Å². The third-order valence-electron chi connectivity index (χ3n) is 4.58. The predicted molar refractivity (Wildman–Crippen MR) is 110 cm³/mol. The molecule has 0 aliphatic carbocycles. The van der Waals surface area contributed by atoms with Gasteiger partial charge < -0.3 is 14.6 Å². The number of aliphatic carboxylic acids is 1. The van der Waals surface area contributed by atoms with E-state index < -0.39 is 39.4 Å². The predicted octanol–water partition coefficient (Wildman–Crippen LogP) is 1.63. The highest BCUT2D eigenvalue weighted by Gasteiger charge is 2.39. The van der Waals surface area contributed by atoms with Gasteiger partial charge in [-0.05, 0) is 18.3 Å². The van der Waals surface area contributed by atoms with Crippen LogP contribution in [0.3, 0.4) is 0 Å². The normalized spacial score (nSPS) is 15.3. The van der Waals surface area contributed by atoms with Gasteiger partial charge in [-0.3, -0.25) is 4.79 Å². The molecule has 0 saturated heterocycles. The van der Waals surface area contributed by atoms with Crippen LogP contribution in [-0.4, -0.2) is 59.0 Å². The fraction of sp³-hybridized carbons (Fsp3) is 0.632. The summed E-state index contributed by atoms with van der Waals surface area (Å²) in [5, 5.41) is 9.01. The highest BCUT2D eigenvalue weighted by atomic mass is 32.2. The summed E-state index contributed by atoms with van der Waals surface area (Å²) < 4.78 is 29.5.